The highest BCUT2D eigenvalue weighted by molar-refractivity contribution is 5.72. The van der Waals surface area contributed by atoms with Crippen molar-refractivity contribution in [2.45, 2.75) is 19.8 Å². The Kier molecular flexibility index (Phi) is 2.26. The van der Waals surface area contributed by atoms with Crippen molar-refractivity contribution in [3.8, 4) is 0 Å². The van der Waals surface area contributed by atoms with Gasteiger partial charge in [-0.25, -0.2) is 0 Å². The summed E-state index contributed by atoms with van der Waals surface area (Å²) in [5.41, 5.74) is 3.55. The van der Waals surface area contributed by atoms with Gasteiger partial charge in [0.15, 0.2) is 0 Å². The van der Waals surface area contributed by atoms with Crippen molar-refractivity contribution >= 4 is 5.57 Å². The Balaban J connectivity index is 2.30. The molecule has 0 N–H and O–H groups in total. The normalized spacial score (nSPS) is 15.6. The predicted octanol–water partition coefficient (Wildman–Crippen LogP) is 3.12. The van der Waals surface area contributed by atoms with Crippen molar-refractivity contribution in [3.05, 3.63) is 47.8 Å². The van der Waals surface area contributed by atoms with Gasteiger partial charge in [0.2, 0.25) is 0 Å². The van der Waals surface area contributed by atoms with Crippen molar-refractivity contribution in [3.63, 3.8) is 0 Å². The van der Waals surface area contributed by atoms with Crippen molar-refractivity contribution in [2.75, 3.05) is 0 Å². The molecule has 0 aliphatic heterocycles. The summed E-state index contributed by atoms with van der Waals surface area (Å²) in [6, 6.07) is 4.18. The molecule has 0 bridgehead atoms. The van der Waals surface area contributed by atoms with Crippen LogP contribution >= 0.6 is 0 Å². The van der Waals surface area contributed by atoms with Crippen molar-refractivity contribution in [2.24, 2.45) is 0 Å². The predicted molar refractivity (Wildman–Crippen MR) is 55.3 cm³/mol. The topological polar surface area (TPSA) is 12.9 Å². The molecule has 0 atom stereocenters. The Bertz CT molecular complexity index is 344. The molecule has 0 unspecified atom stereocenters. The van der Waals surface area contributed by atoms with Crippen LogP contribution in [0.3, 0.4) is 0 Å². The zero-order chi connectivity index (χ0) is 9.10. The number of hydrogen-bond acceptors (Lipinski definition) is 1. The summed E-state index contributed by atoms with van der Waals surface area (Å²) < 4.78 is 0. The summed E-state index contributed by atoms with van der Waals surface area (Å²) >= 11 is 0. The maximum absolute atomic E-state index is 4.38. The molecule has 2 rings (SSSR count). The minimum atomic E-state index is 1.08. The SMILES string of the molecule is Cc1ccc(C2=CCCC=C2)nc1. The van der Waals surface area contributed by atoms with Gasteiger partial charge in [0.1, 0.15) is 0 Å². The first-order valence-electron chi connectivity index (χ1n) is 4.66. The van der Waals surface area contributed by atoms with E-state index in [0.29, 0.717) is 0 Å². The Morgan fingerprint density at radius 3 is 2.77 bits per heavy atom. The summed E-state index contributed by atoms with van der Waals surface area (Å²) in [5, 5.41) is 0. The summed E-state index contributed by atoms with van der Waals surface area (Å²) in [7, 11) is 0. The van der Waals surface area contributed by atoms with Crippen LogP contribution in [0.5, 0.6) is 0 Å². The smallest absolute Gasteiger partial charge is 0.0698 e. The highest BCUT2D eigenvalue weighted by Gasteiger charge is 2.01. The molecule has 1 aromatic heterocycles. The lowest BCUT2D eigenvalue weighted by molar-refractivity contribution is 1.04. The second-order valence-corrected chi connectivity index (χ2v) is 3.36. The van der Waals surface area contributed by atoms with E-state index in [1.165, 1.54) is 11.1 Å². The maximum Gasteiger partial charge on any atom is 0.0698 e. The Morgan fingerprint density at radius 2 is 2.15 bits per heavy atom. The first-order valence-corrected chi connectivity index (χ1v) is 4.66. The molecular weight excluding hydrogens is 158 g/mol. The third-order valence-corrected chi connectivity index (χ3v) is 2.20. The molecular formula is C12H13N. The van der Waals surface area contributed by atoms with Gasteiger partial charge < -0.3 is 0 Å². The van der Waals surface area contributed by atoms with E-state index in [4.69, 9.17) is 0 Å². The minimum absolute atomic E-state index is 1.08. The van der Waals surface area contributed by atoms with Gasteiger partial charge in [0, 0.05) is 6.20 Å². The fourth-order valence-electron chi connectivity index (χ4n) is 1.44. The van der Waals surface area contributed by atoms with Crippen LogP contribution in [-0.4, -0.2) is 4.98 Å². The summed E-state index contributed by atoms with van der Waals surface area (Å²) in [4.78, 5) is 4.38. The van der Waals surface area contributed by atoms with E-state index in [1.54, 1.807) is 0 Å². The summed E-state index contributed by atoms with van der Waals surface area (Å²) in [5.74, 6) is 0. The molecule has 0 saturated heterocycles. The quantitative estimate of drug-likeness (QED) is 0.632. The zero-order valence-electron chi connectivity index (χ0n) is 7.83. The fourth-order valence-corrected chi connectivity index (χ4v) is 1.44. The van der Waals surface area contributed by atoms with Crippen LogP contribution in [0.1, 0.15) is 24.1 Å². The highest BCUT2D eigenvalue weighted by atomic mass is 14.7. The second kappa shape index (κ2) is 3.56. The number of pyridine rings is 1. The van der Waals surface area contributed by atoms with Crippen molar-refractivity contribution in [1.29, 1.82) is 0 Å². The average Bonchev–Trinajstić information content (AvgIpc) is 2.20. The molecule has 0 radical (unpaired) electrons. The number of aromatic nitrogens is 1. The Labute approximate surface area is 78.8 Å². The summed E-state index contributed by atoms with van der Waals surface area (Å²) in [6.45, 7) is 2.06. The Morgan fingerprint density at radius 1 is 1.23 bits per heavy atom. The molecule has 1 aromatic rings. The van der Waals surface area contributed by atoms with E-state index < -0.39 is 0 Å². The molecule has 0 fully saturated rings. The highest BCUT2D eigenvalue weighted by Crippen LogP contribution is 2.19. The van der Waals surface area contributed by atoms with Crippen LogP contribution in [-0.2, 0) is 0 Å². The van der Waals surface area contributed by atoms with Crippen LogP contribution in [0.25, 0.3) is 5.57 Å². The molecule has 1 heterocycles. The van der Waals surface area contributed by atoms with Crippen molar-refractivity contribution in [1.82, 2.24) is 4.98 Å². The van der Waals surface area contributed by atoms with Crippen molar-refractivity contribution < 1.29 is 0 Å². The lowest BCUT2D eigenvalue weighted by atomic mass is 10.0. The maximum atomic E-state index is 4.38. The Hall–Kier alpha value is -1.37. The molecule has 1 nitrogen and oxygen atoms in total. The number of allylic oxidation sites excluding steroid dienone is 4. The van der Waals surface area contributed by atoms with Gasteiger partial charge >= 0.3 is 0 Å². The van der Waals surface area contributed by atoms with Crippen LogP contribution in [0.4, 0.5) is 0 Å². The van der Waals surface area contributed by atoms with Gasteiger partial charge in [-0.3, -0.25) is 4.98 Å². The van der Waals surface area contributed by atoms with Gasteiger partial charge in [-0.1, -0.05) is 24.3 Å². The van der Waals surface area contributed by atoms with Gasteiger partial charge in [-0.2, -0.15) is 0 Å². The third kappa shape index (κ3) is 1.86. The molecule has 0 amide bonds. The average molecular weight is 171 g/mol. The van der Waals surface area contributed by atoms with Crippen LogP contribution in [0.15, 0.2) is 36.6 Å². The number of rotatable bonds is 1. The first kappa shape index (κ1) is 8.24. The molecule has 0 aromatic carbocycles. The monoisotopic (exact) mass is 171 g/mol. The van der Waals surface area contributed by atoms with E-state index >= 15 is 0 Å². The largest absolute Gasteiger partial charge is 0.256 e. The zero-order valence-corrected chi connectivity index (χ0v) is 7.83. The van der Waals surface area contributed by atoms with Gasteiger partial charge in [-0.15, -0.1) is 0 Å². The van der Waals surface area contributed by atoms with Gasteiger partial charge in [0.05, 0.1) is 5.69 Å². The van der Waals surface area contributed by atoms with E-state index in [2.05, 4.69) is 42.3 Å². The summed E-state index contributed by atoms with van der Waals surface area (Å²) in [6.07, 6.45) is 10.8. The molecule has 13 heavy (non-hydrogen) atoms. The standard InChI is InChI=1S/C12H13N/c1-10-7-8-12(13-9-10)11-5-3-2-4-6-11/h3,5-9H,2,4H2,1H3. The lowest BCUT2D eigenvalue weighted by Crippen LogP contribution is -1.89. The molecule has 0 saturated carbocycles. The van der Waals surface area contributed by atoms with E-state index in [9.17, 15) is 0 Å². The fraction of sp³-hybridized carbons (Fsp3) is 0.250. The molecule has 1 heteroatoms. The minimum Gasteiger partial charge on any atom is -0.256 e. The molecule has 0 spiro atoms. The van der Waals surface area contributed by atoms with Gasteiger partial charge in [-0.05, 0) is 37.0 Å². The number of nitrogens with zero attached hydrogens (tertiary/aromatic N) is 1. The molecule has 1 aliphatic carbocycles. The van der Waals surface area contributed by atoms with Crippen LogP contribution in [0, 0.1) is 6.92 Å². The number of hydrogen-bond donors (Lipinski definition) is 0. The lowest BCUT2D eigenvalue weighted by Gasteiger charge is -2.05. The second-order valence-electron chi connectivity index (χ2n) is 3.36. The first-order chi connectivity index (χ1) is 6.36. The molecule has 66 valence electrons. The molecule has 1 aliphatic rings. The van der Waals surface area contributed by atoms with E-state index in [0.717, 1.165) is 18.5 Å². The van der Waals surface area contributed by atoms with Gasteiger partial charge in [0.25, 0.3) is 0 Å². The van der Waals surface area contributed by atoms with E-state index in [1.807, 2.05) is 6.20 Å². The number of aryl methyl sites for hydroxylation is 1. The van der Waals surface area contributed by atoms with E-state index in [-0.39, 0.29) is 0 Å². The third-order valence-electron chi connectivity index (χ3n) is 2.20. The van der Waals surface area contributed by atoms with Crippen LogP contribution < -0.4 is 0 Å². The van der Waals surface area contributed by atoms with Crippen LogP contribution in [0.2, 0.25) is 0 Å².